The van der Waals surface area contributed by atoms with Crippen LogP contribution in [-0.2, 0) is 11.2 Å². The van der Waals surface area contributed by atoms with Crippen LogP contribution in [0.3, 0.4) is 0 Å². The Morgan fingerprint density at radius 3 is 2.68 bits per heavy atom. The van der Waals surface area contributed by atoms with Crippen LogP contribution in [0.25, 0.3) is 0 Å². The van der Waals surface area contributed by atoms with Crippen LogP contribution in [0.15, 0.2) is 58.7 Å². The van der Waals surface area contributed by atoms with Crippen LogP contribution in [0.1, 0.15) is 12.0 Å². The van der Waals surface area contributed by atoms with Crippen molar-refractivity contribution in [2.24, 2.45) is 5.10 Å². The van der Waals surface area contributed by atoms with Crippen molar-refractivity contribution >= 4 is 23.1 Å². The first kappa shape index (κ1) is 13.6. The van der Waals surface area contributed by atoms with E-state index in [1.54, 1.807) is 6.08 Å². The van der Waals surface area contributed by atoms with E-state index < -0.39 is 0 Å². The minimum Gasteiger partial charge on any atom is -0.309 e. The number of hydrogen-bond donors (Lipinski definition) is 1. The molecule has 1 aromatic carbocycles. The van der Waals surface area contributed by atoms with Gasteiger partial charge in [0.25, 0.3) is 0 Å². The number of ketones is 1. The number of rotatable bonds is 5. The quantitative estimate of drug-likeness (QED) is 0.510. The van der Waals surface area contributed by atoms with Gasteiger partial charge < -0.3 is 5.43 Å². The summed E-state index contributed by atoms with van der Waals surface area (Å²) in [6, 6.07) is 10.3. The Labute approximate surface area is 117 Å². The maximum atomic E-state index is 11.0. The van der Waals surface area contributed by atoms with Crippen molar-refractivity contribution in [3.05, 3.63) is 59.2 Å². The Morgan fingerprint density at radius 2 is 1.95 bits per heavy atom. The number of allylic oxidation sites excluding steroid dienone is 4. The molecule has 1 aromatic rings. The number of benzene rings is 1. The second kappa shape index (κ2) is 6.90. The molecule has 0 fully saturated rings. The van der Waals surface area contributed by atoms with Gasteiger partial charge in [0.1, 0.15) is 5.71 Å². The molecule has 3 nitrogen and oxygen atoms in total. The number of carbonyl (C=O) groups is 1. The molecule has 1 N–H and O–H groups in total. The number of hydrazone groups is 1. The molecule has 98 valence electrons. The first-order valence-corrected chi connectivity index (χ1v) is 6.57. The molecule has 2 rings (SSSR count). The summed E-state index contributed by atoms with van der Waals surface area (Å²) >= 11 is 5.90. The number of hydrogen-bond acceptors (Lipinski definition) is 3. The largest absolute Gasteiger partial charge is 0.309 e. The van der Waals surface area contributed by atoms with Crippen molar-refractivity contribution in [1.29, 1.82) is 0 Å². The van der Waals surface area contributed by atoms with Crippen LogP contribution in [0.4, 0.5) is 0 Å². The van der Waals surface area contributed by atoms with Crippen molar-refractivity contribution in [1.82, 2.24) is 5.43 Å². The van der Waals surface area contributed by atoms with Crippen molar-refractivity contribution in [3.8, 4) is 0 Å². The van der Waals surface area contributed by atoms with Crippen molar-refractivity contribution in [2.45, 2.75) is 12.8 Å². The highest BCUT2D eigenvalue weighted by Crippen LogP contribution is 2.10. The molecule has 0 aromatic heterocycles. The third-order valence-electron chi connectivity index (χ3n) is 2.72. The predicted molar refractivity (Wildman–Crippen MR) is 78.3 cm³/mol. The molecule has 0 saturated carbocycles. The highest BCUT2D eigenvalue weighted by molar-refractivity contribution is 6.48. The molecule has 0 amide bonds. The standard InChI is InChI=1S/C15H15ClN2O/c16-14-11-13(19)8-9-15(14)18-17-10-4-7-12-5-2-1-3-6-12/h1-3,5-6,8-9,11,17H,4,7,10H2. The van der Waals surface area contributed by atoms with E-state index >= 15 is 0 Å². The van der Waals surface area contributed by atoms with Gasteiger partial charge in [0.05, 0.1) is 5.03 Å². The fourth-order valence-electron chi connectivity index (χ4n) is 1.74. The number of carbonyl (C=O) groups excluding carboxylic acids is 1. The van der Waals surface area contributed by atoms with Crippen LogP contribution in [0, 0.1) is 0 Å². The second-order valence-corrected chi connectivity index (χ2v) is 4.63. The topological polar surface area (TPSA) is 41.5 Å². The zero-order chi connectivity index (χ0) is 13.5. The highest BCUT2D eigenvalue weighted by atomic mass is 35.5. The third-order valence-corrected chi connectivity index (χ3v) is 3.02. The average Bonchev–Trinajstić information content (AvgIpc) is 2.42. The molecular formula is C15H15ClN2O. The van der Waals surface area contributed by atoms with Gasteiger partial charge in [0.2, 0.25) is 0 Å². The minimum atomic E-state index is -0.104. The molecule has 19 heavy (non-hydrogen) atoms. The second-order valence-electron chi connectivity index (χ2n) is 4.22. The number of halogens is 1. The van der Waals surface area contributed by atoms with Crippen LogP contribution in [0.2, 0.25) is 0 Å². The lowest BCUT2D eigenvalue weighted by molar-refractivity contribution is -0.110. The third kappa shape index (κ3) is 4.38. The summed E-state index contributed by atoms with van der Waals surface area (Å²) in [5, 5.41) is 4.54. The number of aryl methyl sites for hydroxylation is 1. The SMILES string of the molecule is O=C1C=CC(=NNCCCc2ccccc2)C(Cl)=C1. The summed E-state index contributed by atoms with van der Waals surface area (Å²) in [4.78, 5) is 11.0. The number of nitrogens with zero attached hydrogens (tertiary/aromatic N) is 1. The van der Waals surface area contributed by atoms with Crippen molar-refractivity contribution < 1.29 is 4.79 Å². The fourth-order valence-corrected chi connectivity index (χ4v) is 1.95. The van der Waals surface area contributed by atoms with Crippen molar-refractivity contribution in [2.75, 3.05) is 6.54 Å². The maximum absolute atomic E-state index is 11.0. The molecule has 1 aliphatic carbocycles. The molecular weight excluding hydrogens is 260 g/mol. The molecule has 0 spiro atoms. The van der Waals surface area contributed by atoms with E-state index in [1.807, 2.05) is 18.2 Å². The van der Waals surface area contributed by atoms with Crippen LogP contribution in [-0.4, -0.2) is 18.0 Å². The summed E-state index contributed by atoms with van der Waals surface area (Å²) < 4.78 is 0. The molecule has 0 saturated heterocycles. The van der Waals surface area contributed by atoms with Gasteiger partial charge in [0.15, 0.2) is 5.78 Å². The first-order valence-electron chi connectivity index (χ1n) is 6.20. The lowest BCUT2D eigenvalue weighted by atomic mass is 10.1. The van der Waals surface area contributed by atoms with Gasteiger partial charge in [-0.1, -0.05) is 41.9 Å². The zero-order valence-electron chi connectivity index (χ0n) is 10.5. The Kier molecular flexibility index (Phi) is 4.93. The van der Waals surface area contributed by atoms with E-state index in [2.05, 4.69) is 22.7 Å². The monoisotopic (exact) mass is 274 g/mol. The van der Waals surface area contributed by atoms with Gasteiger partial charge in [-0.3, -0.25) is 4.79 Å². The van der Waals surface area contributed by atoms with Gasteiger partial charge >= 0.3 is 0 Å². The molecule has 0 heterocycles. The Hall–Kier alpha value is -1.87. The first-order chi connectivity index (χ1) is 9.25. The smallest absolute Gasteiger partial charge is 0.180 e. The Balaban J connectivity index is 1.74. The lowest BCUT2D eigenvalue weighted by Crippen LogP contribution is -2.13. The normalized spacial score (nSPS) is 16.6. The molecule has 1 aliphatic rings. The molecule has 0 radical (unpaired) electrons. The van der Waals surface area contributed by atoms with E-state index in [9.17, 15) is 4.79 Å². The summed E-state index contributed by atoms with van der Waals surface area (Å²) in [6.45, 7) is 0.768. The van der Waals surface area contributed by atoms with E-state index in [0.29, 0.717) is 10.7 Å². The molecule has 0 atom stereocenters. The van der Waals surface area contributed by atoms with Gasteiger partial charge in [-0.05, 0) is 30.6 Å². The Morgan fingerprint density at radius 1 is 1.16 bits per heavy atom. The summed E-state index contributed by atoms with van der Waals surface area (Å²) in [7, 11) is 0. The van der Waals surface area contributed by atoms with Crippen LogP contribution in [0.5, 0.6) is 0 Å². The van der Waals surface area contributed by atoms with Crippen molar-refractivity contribution in [3.63, 3.8) is 0 Å². The molecule has 0 unspecified atom stereocenters. The molecule has 0 aliphatic heterocycles. The van der Waals surface area contributed by atoms with Gasteiger partial charge in [-0.15, -0.1) is 0 Å². The van der Waals surface area contributed by atoms with E-state index in [0.717, 1.165) is 19.4 Å². The van der Waals surface area contributed by atoms with E-state index in [1.165, 1.54) is 17.7 Å². The van der Waals surface area contributed by atoms with Gasteiger partial charge in [0, 0.05) is 12.6 Å². The summed E-state index contributed by atoms with van der Waals surface area (Å²) in [5.74, 6) is -0.104. The summed E-state index contributed by atoms with van der Waals surface area (Å²) in [6.07, 6.45) is 6.44. The molecule has 4 heteroatoms. The minimum absolute atomic E-state index is 0.104. The number of nitrogens with one attached hydrogen (secondary N) is 1. The lowest BCUT2D eigenvalue weighted by Gasteiger charge is -2.05. The van der Waals surface area contributed by atoms with E-state index in [4.69, 9.17) is 11.6 Å². The zero-order valence-corrected chi connectivity index (χ0v) is 11.2. The predicted octanol–water partition coefficient (Wildman–Crippen LogP) is 2.83. The molecule has 0 bridgehead atoms. The fraction of sp³-hybridized carbons (Fsp3) is 0.200. The average molecular weight is 275 g/mol. The van der Waals surface area contributed by atoms with Gasteiger partial charge in [-0.25, -0.2) is 0 Å². The van der Waals surface area contributed by atoms with E-state index in [-0.39, 0.29) is 5.78 Å². The summed E-state index contributed by atoms with van der Waals surface area (Å²) in [5.41, 5.74) is 4.89. The van der Waals surface area contributed by atoms with Crippen LogP contribution < -0.4 is 5.43 Å². The van der Waals surface area contributed by atoms with Gasteiger partial charge in [-0.2, -0.15) is 5.10 Å². The highest BCUT2D eigenvalue weighted by Gasteiger charge is 2.08. The van der Waals surface area contributed by atoms with Crippen LogP contribution >= 0.6 is 11.6 Å². The maximum Gasteiger partial charge on any atom is 0.180 e. The Bertz CT molecular complexity index is 532.